The molecule has 5 rings (SSSR count). The minimum absolute atomic E-state index is 0.0524. The molecule has 1 aliphatic heterocycles. The molecule has 0 saturated heterocycles. The Hall–Kier alpha value is -4.12. The van der Waals surface area contributed by atoms with E-state index < -0.39 is 0 Å². The number of aromatic nitrogens is 1. The molecule has 0 atom stereocenters. The first-order valence-electron chi connectivity index (χ1n) is 11.7. The van der Waals surface area contributed by atoms with Crippen LogP contribution in [0.25, 0.3) is 22.6 Å². The predicted octanol–water partition coefficient (Wildman–Crippen LogP) is 5.73. The summed E-state index contributed by atoms with van der Waals surface area (Å²) in [5, 5.41) is 1.02. The molecular formula is C29H27N3O2. The standard InChI is InChI=1S/C29H27N3O2/c1-3-30(4-2)28(33)20-31-19-21(23-14-8-10-16-26(23)31)18-25-24-15-9-11-17-27(24)32(29(25)34)22-12-6-5-7-13-22/h5-19H,3-4,20H2,1-2H3/b25-18+. The largest absolute Gasteiger partial charge is 0.342 e. The van der Waals surface area contributed by atoms with Gasteiger partial charge in [0.05, 0.1) is 11.3 Å². The monoisotopic (exact) mass is 449 g/mol. The van der Waals surface area contributed by atoms with E-state index in [2.05, 4.69) is 0 Å². The fourth-order valence-electron chi connectivity index (χ4n) is 4.71. The van der Waals surface area contributed by atoms with Crippen molar-refractivity contribution in [1.29, 1.82) is 0 Å². The normalized spacial score (nSPS) is 14.1. The van der Waals surface area contributed by atoms with Gasteiger partial charge in [0.2, 0.25) is 5.91 Å². The Morgan fingerprint density at radius 3 is 2.32 bits per heavy atom. The fourth-order valence-corrected chi connectivity index (χ4v) is 4.71. The zero-order valence-corrected chi connectivity index (χ0v) is 19.4. The van der Waals surface area contributed by atoms with Crippen LogP contribution in [0, 0.1) is 0 Å². The average molecular weight is 450 g/mol. The molecule has 0 N–H and O–H groups in total. The number of nitrogens with zero attached hydrogens (tertiary/aromatic N) is 3. The maximum absolute atomic E-state index is 13.6. The van der Waals surface area contributed by atoms with E-state index in [0.717, 1.165) is 33.4 Å². The third-order valence-electron chi connectivity index (χ3n) is 6.42. The Morgan fingerprint density at radius 2 is 1.56 bits per heavy atom. The third kappa shape index (κ3) is 3.69. The summed E-state index contributed by atoms with van der Waals surface area (Å²) in [5.41, 5.74) is 5.19. The lowest BCUT2D eigenvalue weighted by Crippen LogP contribution is -2.33. The zero-order valence-electron chi connectivity index (χ0n) is 19.4. The number of likely N-dealkylation sites (N-methyl/N-ethyl adjacent to an activating group) is 1. The summed E-state index contributed by atoms with van der Waals surface area (Å²) in [6.07, 6.45) is 3.95. The van der Waals surface area contributed by atoms with Crippen LogP contribution in [0.5, 0.6) is 0 Å². The highest BCUT2D eigenvalue weighted by molar-refractivity contribution is 6.38. The van der Waals surface area contributed by atoms with Crippen molar-refractivity contribution >= 4 is 45.7 Å². The molecule has 2 heterocycles. The smallest absolute Gasteiger partial charge is 0.263 e. The summed E-state index contributed by atoms with van der Waals surface area (Å²) in [5.74, 6) is 0.0333. The van der Waals surface area contributed by atoms with Crippen molar-refractivity contribution in [2.24, 2.45) is 0 Å². The summed E-state index contributed by atoms with van der Waals surface area (Å²) in [6, 6.07) is 25.6. The lowest BCUT2D eigenvalue weighted by molar-refractivity contribution is -0.131. The molecule has 0 bridgehead atoms. The Kier molecular flexibility index (Phi) is 5.76. The first-order chi connectivity index (χ1) is 16.6. The maximum atomic E-state index is 13.6. The number of para-hydroxylation sites is 3. The van der Waals surface area contributed by atoms with E-state index in [1.54, 1.807) is 4.90 Å². The van der Waals surface area contributed by atoms with Crippen molar-refractivity contribution in [3.05, 3.63) is 96.2 Å². The molecule has 3 aromatic carbocycles. The first kappa shape index (κ1) is 21.7. The van der Waals surface area contributed by atoms with Crippen molar-refractivity contribution in [2.45, 2.75) is 20.4 Å². The summed E-state index contributed by atoms with van der Waals surface area (Å²) in [4.78, 5) is 30.1. The van der Waals surface area contributed by atoms with Gasteiger partial charge in [0.1, 0.15) is 6.54 Å². The van der Waals surface area contributed by atoms with Crippen LogP contribution in [-0.2, 0) is 16.1 Å². The van der Waals surface area contributed by atoms with E-state index in [4.69, 9.17) is 0 Å². The number of hydrogen-bond donors (Lipinski definition) is 0. The minimum atomic E-state index is -0.0524. The lowest BCUT2D eigenvalue weighted by atomic mass is 10.0. The van der Waals surface area contributed by atoms with Gasteiger partial charge in [-0.25, -0.2) is 0 Å². The molecule has 0 saturated carbocycles. The molecule has 0 fully saturated rings. The summed E-state index contributed by atoms with van der Waals surface area (Å²) < 4.78 is 1.99. The second-order valence-electron chi connectivity index (χ2n) is 8.35. The number of benzene rings is 3. The highest BCUT2D eigenvalue weighted by atomic mass is 16.2. The Bertz CT molecular complexity index is 1400. The maximum Gasteiger partial charge on any atom is 0.263 e. The van der Waals surface area contributed by atoms with Crippen LogP contribution in [-0.4, -0.2) is 34.4 Å². The first-order valence-corrected chi connectivity index (χ1v) is 11.7. The topological polar surface area (TPSA) is 45.6 Å². The molecule has 5 heteroatoms. The third-order valence-corrected chi connectivity index (χ3v) is 6.42. The van der Waals surface area contributed by atoms with Crippen LogP contribution >= 0.6 is 0 Å². The predicted molar refractivity (Wildman–Crippen MR) is 138 cm³/mol. The average Bonchev–Trinajstić information content (AvgIpc) is 3.35. The van der Waals surface area contributed by atoms with Gasteiger partial charge < -0.3 is 9.47 Å². The van der Waals surface area contributed by atoms with E-state index >= 15 is 0 Å². The molecule has 0 radical (unpaired) electrons. The Labute approximate surface area is 199 Å². The van der Waals surface area contributed by atoms with Gasteiger partial charge in [-0.05, 0) is 44.2 Å². The Morgan fingerprint density at radius 1 is 0.882 bits per heavy atom. The van der Waals surface area contributed by atoms with Gasteiger partial charge in [0.15, 0.2) is 0 Å². The molecule has 2 amide bonds. The van der Waals surface area contributed by atoms with Gasteiger partial charge in [-0.1, -0.05) is 54.6 Å². The van der Waals surface area contributed by atoms with Gasteiger partial charge >= 0.3 is 0 Å². The Balaban J connectivity index is 1.60. The quantitative estimate of drug-likeness (QED) is 0.353. The van der Waals surface area contributed by atoms with Crippen molar-refractivity contribution in [3.63, 3.8) is 0 Å². The van der Waals surface area contributed by atoms with Gasteiger partial charge in [0.25, 0.3) is 5.91 Å². The summed E-state index contributed by atoms with van der Waals surface area (Å²) >= 11 is 0. The summed E-state index contributed by atoms with van der Waals surface area (Å²) in [7, 11) is 0. The molecule has 1 aromatic heterocycles. The lowest BCUT2D eigenvalue weighted by Gasteiger charge is -2.19. The molecule has 0 spiro atoms. The van der Waals surface area contributed by atoms with E-state index in [0.29, 0.717) is 18.7 Å². The van der Waals surface area contributed by atoms with Crippen molar-refractivity contribution in [2.75, 3.05) is 18.0 Å². The van der Waals surface area contributed by atoms with Gasteiger partial charge in [0, 0.05) is 47.0 Å². The van der Waals surface area contributed by atoms with E-state index in [9.17, 15) is 9.59 Å². The van der Waals surface area contributed by atoms with Crippen LogP contribution in [0.2, 0.25) is 0 Å². The molecule has 0 unspecified atom stereocenters. The van der Waals surface area contributed by atoms with Gasteiger partial charge in [-0.15, -0.1) is 0 Å². The second kappa shape index (κ2) is 9.02. The number of rotatable bonds is 6. The van der Waals surface area contributed by atoms with Gasteiger partial charge in [-0.2, -0.15) is 0 Å². The van der Waals surface area contributed by atoms with Crippen molar-refractivity contribution in [3.8, 4) is 0 Å². The van der Waals surface area contributed by atoms with Crippen LogP contribution < -0.4 is 4.90 Å². The second-order valence-corrected chi connectivity index (χ2v) is 8.35. The van der Waals surface area contributed by atoms with Crippen LogP contribution in [0.15, 0.2) is 85.1 Å². The fraction of sp³-hybridized carbons (Fsp3) is 0.172. The van der Waals surface area contributed by atoms with Gasteiger partial charge in [-0.3, -0.25) is 14.5 Å². The van der Waals surface area contributed by atoms with Crippen LogP contribution in [0.4, 0.5) is 11.4 Å². The molecule has 34 heavy (non-hydrogen) atoms. The number of fused-ring (bicyclic) bond motifs is 2. The summed E-state index contributed by atoms with van der Waals surface area (Å²) in [6.45, 7) is 5.63. The van der Waals surface area contributed by atoms with Crippen LogP contribution in [0.1, 0.15) is 25.0 Å². The van der Waals surface area contributed by atoms with Crippen LogP contribution in [0.3, 0.4) is 0 Å². The molecule has 1 aliphatic rings. The highest BCUT2D eigenvalue weighted by Crippen LogP contribution is 2.42. The molecule has 0 aliphatic carbocycles. The highest BCUT2D eigenvalue weighted by Gasteiger charge is 2.33. The minimum Gasteiger partial charge on any atom is -0.342 e. The van der Waals surface area contributed by atoms with E-state index in [1.165, 1.54) is 0 Å². The number of amides is 2. The number of hydrogen-bond acceptors (Lipinski definition) is 2. The number of carbonyl (C=O) groups is 2. The molecule has 170 valence electrons. The number of carbonyl (C=O) groups excluding carboxylic acids is 2. The van der Waals surface area contributed by atoms with E-state index in [-0.39, 0.29) is 18.4 Å². The van der Waals surface area contributed by atoms with E-state index in [1.807, 2.05) is 114 Å². The molecule has 5 nitrogen and oxygen atoms in total. The number of anilines is 2. The SMILES string of the molecule is CCN(CC)C(=O)Cn1cc(/C=C2/C(=O)N(c3ccccc3)c3ccccc32)c2ccccc21. The van der Waals surface area contributed by atoms with Crippen molar-refractivity contribution in [1.82, 2.24) is 9.47 Å². The zero-order chi connectivity index (χ0) is 23.7. The molecule has 4 aromatic rings. The molecular weight excluding hydrogens is 422 g/mol. The van der Waals surface area contributed by atoms with Crippen molar-refractivity contribution < 1.29 is 9.59 Å².